The zero-order valence-corrected chi connectivity index (χ0v) is 15.1. The van der Waals surface area contributed by atoms with Gasteiger partial charge in [0.1, 0.15) is 0 Å². The van der Waals surface area contributed by atoms with E-state index in [4.69, 9.17) is 0 Å². The molecular weight excluding hydrogens is 298 g/mol. The Kier molecular flexibility index (Phi) is 3.78. The maximum Gasteiger partial charge on any atom is 0.168 e. The number of aromatic nitrogens is 1. The highest BCUT2D eigenvalue weighted by molar-refractivity contribution is 6.00. The van der Waals surface area contributed by atoms with Crippen molar-refractivity contribution < 1.29 is 9.59 Å². The van der Waals surface area contributed by atoms with Crippen LogP contribution in [0.4, 0.5) is 0 Å². The van der Waals surface area contributed by atoms with Crippen LogP contribution in [0, 0.1) is 10.8 Å². The number of nitrogens with zero attached hydrogens (tertiary/aromatic N) is 1. The molecule has 0 atom stereocenters. The molecule has 2 aromatic rings. The molecule has 0 aliphatic heterocycles. The molecule has 1 aliphatic rings. The van der Waals surface area contributed by atoms with Crippen LogP contribution < -0.4 is 0 Å². The topological polar surface area (TPSA) is 39.1 Å². The number of fused-ring (bicyclic) bond motifs is 1. The number of hydrogen-bond acceptors (Lipinski definition) is 2. The molecule has 0 amide bonds. The summed E-state index contributed by atoms with van der Waals surface area (Å²) in [5.74, 6) is 0.361. The van der Waals surface area contributed by atoms with Gasteiger partial charge >= 0.3 is 0 Å². The molecule has 24 heavy (non-hydrogen) atoms. The van der Waals surface area contributed by atoms with Crippen molar-refractivity contribution in [3.8, 4) is 5.69 Å². The molecule has 0 spiro atoms. The molecule has 0 unspecified atom stereocenters. The van der Waals surface area contributed by atoms with Gasteiger partial charge in [0.25, 0.3) is 0 Å². The van der Waals surface area contributed by atoms with Crippen molar-refractivity contribution in [2.24, 2.45) is 10.8 Å². The predicted octanol–water partition coefficient (Wildman–Crippen LogP) is 4.86. The van der Waals surface area contributed by atoms with Crippen LogP contribution in [0.5, 0.6) is 0 Å². The summed E-state index contributed by atoms with van der Waals surface area (Å²) in [4.78, 5) is 24.7. The molecule has 1 aromatic carbocycles. The van der Waals surface area contributed by atoms with Crippen molar-refractivity contribution in [3.63, 3.8) is 0 Å². The average Bonchev–Trinajstić information content (AvgIpc) is 2.88. The molecule has 3 rings (SSSR count). The number of carbonyl (C=O) groups is 2. The summed E-state index contributed by atoms with van der Waals surface area (Å²) in [6.07, 6.45) is 3.44. The summed E-state index contributed by atoms with van der Waals surface area (Å²) in [5, 5.41) is 0. The van der Waals surface area contributed by atoms with Crippen LogP contribution in [0.25, 0.3) is 5.69 Å². The Labute approximate surface area is 143 Å². The highest BCUT2D eigenvalue weighted by Crippen LogP contribution is 2.36. The van der Waals surface area contributed by atoms with Crippen LogP contribution in [-0.4, -0.2) is 16.1 Å². The van der Waals surface area contributed by atoms with E-state index in [-0.39, 0.29) is 22.4 Å². The van der Waals surface area contributed by atoms with Crippen LogP contribution in [0.2, 0.25) is 0 Å². The zero-order valence-electron chi connectivity index (χ0n) is 15.1. The van der Waals surface area contributed by atoms with Crippen molar-refractivity contribution in [3.05, 3.63) is 53.3 Å². The van der Waals surface area contributed by atoms with Gasteiger partial charge in [-0.25, -0.2) is 0 Å². The van der Waals surface area contributed by atoms with E-state index in [1.807, 2.05) is 57.3 Å². The smallest absolute Gasteiger partial charge is 0.168 e. The van der Waals surface area contributed by atoms with E-state index in [1.165, 1.54) is 0 Å². The molecule has 1 aliphatic carbocycles. The van der Waals surface area contributed by atoms with Crippen molar-refractivity contribution >= 4 is 11.6 Å². The summed E-state index contributed by atoms with van der Waals surface area (Å²) in [6.45, 7) is 10.1. The summed E-state index contributed by atoms with van der Waals surface area (Å²) in [7, 11) is 0. The van der Waals surface area contributed by atoms with Gasteiger partial charge in [0.05, 0.1) is 0 Å². The number of carbonyl (C=O) groups excluding carboxylic acids is 2. The fourth-order valence-electron chi connectivity index (χ4n) is 3.39. The minimum Gasteiger partial charge on any atom is -0.320 e. The van der Waals surface area contributed by atoms with Crippen LogP contribution in [0.1, 0.15) is 67.4 Å². The highest BCUT2D eigenvalue weighted by Gasteiger charge is 2.33. The molecule has 0 saturated carbocycles. The molecule has 0 bridgehead atoms. The standard InChI is InChI=1S/C21H25NO2/c1-20(2,3)19(24)14-6-8-15(9-7-14)22-11-10-16-17(22)12-21(4,5)13-18(16)23/h6-11H,12-13H2,1-5H3. The van der Waals surface area contributed by atoms with Crippen molar-refractivity contribution in [1.29, 1.82) is 0 Å². The number of hydrogen-bond donors (Lipinski definition) is 0. The third-order valence-corrected chi connectivity index (χ3v) is 4.67. The maximum absolute atomic E-state index is 12.4. The van der Waals surface area contributed by atoms with Gasteiger partial charge in [-0.3, -0.25) is 9.59 Å². The molecular formula is C21H25NO2. The number of rotatable bonds is 2. The van der Waals surface area contributed by atoms with E-state index in [1.54, 1.807) is 0 Å². The molecule has 0 radical (unpaired) electrons. The molecule has 126 valence electrons. The van der Waals surface area contributed by atoms with Crippen molar-refractivity contribution in [2.75, 3.05) is 0 Å². The van der Waals surface area contributed by atoms with Gasteiger partial charge in [-0.1, -0.05) is 34.6 Å². The first-order chi connectivity index (χ1) is 11.1. The Morgan fingerprint density at radius 1 is 1.04 bits per heavy atom. The summed E-state index contributed by atoms with van der Waals surface area (Å²) < 4.78 is 2.08. The first-order valence-electron chi connectivity index (χ1n) is 8.47. The molecule has 1 heterocycles. The lowest BCUT2D eigenvalue weighted by Gasteiger charge is -2.29. The molecule has 1 aromatic heterocycles. The quantitative estimate of drug-likeness (QED) is 0.740. The molecule has 0 saturated heterocycles. The maximum atomic E-state index is 12.4. The van der Waals surface area contributed by atoms with E-state index in [0.29, 0.717) is 6.42 Å². The van der Waals surface area contributed by atoms with E-state index in [9.17, 15) is 9.59 Å². The molecule has 0 fully saturated rings. The van der Waals surface area contributed by atoms with Crippen molar-refractivity contribution in [1.82, 2.24) is 4.57 Å². The number of benzene rings is 1. The third-order valence-electron chi connectivity index (χ3n) is 4.67. The van der Waals surface area contributed by atoms with E-state index in [2.05, 4.69) is 18.4 Å². The second-order valence-corrected chi connectivity index (χ2v) is 8.61. The summed E-state index contributed by atoms with van der Waals surface area (Å²) in [6, 6.07) is 9.61. The lowest BCUT2D eigenvalue weighted by atomic mass is 9.76. The summed E-state index contributed by atoms with van der Waals surface area (Å²) >= 11 is 0. The highest BCUT2D eigenvalue weighted by atomic mass is 16.1. The van der Waals surface area contributed by atoms with E-state index in [0.717, 1.165) is 28.9 Å². The minimum absolute atomic E-state index is 0.0116. The Morgan fingerprint density at radius 2 is 1.67 bits per heavy atom. The number of ketones is 2. The van der Waals surface area contributed by atoms with E-state index >= 15 is 0 Å². The summed E-state index contributed by atoms with van der Waals surface area (Å²) in [5.41, 5.74) is 3.23. The second kappa shape index (κ2) is 5.44. The van der Waals surface area contributed by atoms with Gasteiger partial charge in [-0.05, 0) is 42.2 Å². The Balaban J connectivity index is 1.97. The lowest BCUT2D eigenvalue weighted by molar-refractivity contribution is 0.0857. The Bertz CT molecular complexity index is 801. The predicted molar refractivity (Wildman–Crippen MR) is 96.0 cm³/mol. The third kappa shape index (κ3) is 2.95. The van der Waals surface area contributed by atoms with Gasteiger partial charge in [0.15, 0.2) is 11.6 Å². The Hall–Kier alpha value is -2.16. The van der Waals surface area contributed by atoms with Crippen LogP contribution in [0.3, 0.4) is 0 Å². The average molecular weight is 323 g/mol. The van der Waals surface area contributed by atoms with Crippen LogP contribution in [0.15, 0.2) is 36.5 Å². The molecule has 3 heteroatoms. The molecule has 0 N–H and O–H groups in total. The normalized spacial score (nSPS) is 16.8. The van der Waals surface area contributed by atoms with Gasteiger partial charge < -0.3 is 4.57 Å². The SMILES string of the molecule is CC1(C)CC(=O)c2ccn(-c3ccc(C(=O)C(C)(C)C)cc3)c2C1. The fourth-order valence-corrected chi connectivity index (χ4v) is 3.39. The fraction of sp³-hybridized carbons (Fsp3) is 0.429. The first kappa shape index (κ1) is 16.7. The van der Waals surface area contributed by atoms with Gasteiger partial charge in [0.2, 0.25) is 0 Å². The second-order valence-electron chi connectivity index (χ2n) is 8.61. The first-order valence-corrected chi connectivity index (χ1v) is 8.47. The van der Waals surface area contributed by atoms with Gasteiger partial charge in [-0.2, -0.15) is 0 Å². The van der Waals surface area contributed by atoms with Gasteiger partial charge in [-0.15, -0.1) is 0 Å². The lowest BCUT2D eigenvalue weighted by Crippen LogP contribution is -2.27. The Morgan fingerprint density at radius 3 is 2.25 bits per heavy atom. The van der Waals surface area contributed by atoms with Crippen LogP contribution >= 0.6 is 0 Å². The zero-order chi connectivity index (χ0) is 17.7. The van der Waals surface area contributed by atoms with Crippen molar-refractivity contribution in [2.45, 2.75) is 47.5 Å². The van der Waals surface area contributed by atoms with Gasteiger partial charge in [0, 0.05) is 40.5 Å². The molecule has 3 nitrogen and oxygen atoms in total. The number of Topliss-reactive ketones (excluding diaryl/α,β-unsaturated/α-hetero) is 2. The largest absolute Gasteiger partial charge is 0.320 e. The van der Waals surface area contributed by atoms with Crippen LogP contribution in [-0.2, 0) is 6.42 Å². The monoisotopic (exact) mass is 323 g/mol. The minimum atomic E-state index is -0.384. The van der Waals surface area contributed by atoms with E-state index < -0.39 is 0 Å².